The van der Waals surface area contributed by atoms with Gasteiger partial charge in [0.25, 0.3) is 5.91 Å². The van der Waals surface area contributed by atoms with Gasteiger partial charge in [0.15, 0.2) is 6.10 Å². The van der Waals surface area contributed by atoms with E-state index in [4.69, 9.17) is 4.74 Å². The Labute approximate surface area is 175 Å². The molecule has 0 aliphatic carbocycles. The molecule has 0 radical (unpaired) electrons. The van der Waals surface area contributed by atoms with Crippen LogP contribution in [0.2, 0.25) is 0 Å². The number of amides is 1. The van der Waals surface area contributed by atoms with Crippen LogP contribution in [0.1, 0.15) is 43.6 Å². The summed E-state index contributed by atoms with van der Waals surface area (Å²) in [7, 11) is 0. The topological polar surface area (TPSA) is 90.2 Å². The molecule has 1 aromatic heterocycles. The van der Waals surface area contributed by atoms with Gasteiger partial charge in [-0.25, -0.2) is 9.48 Å². The zero-order chi connectivity index (χ0) is 21.7. The Bertz CT molecular complexity index is 980. The third kappa shape index (κ3) is 5.08. The Balaban J connectivity index is 1.68. The summed E-state index contributed by atoms with van der Waals surface area (Å²) in [5.41, 5.74) is 1.64. The molecule has 0 N–H and O–H groups in total. The molecule has 8 heteroatoms. The lowest BCUT2D eigenvalue weighted by Gasteiger charge is -2.37. The molecule has 8 nitrogen and oxygen atoms in total. The Hall–Kier alpha value is -3.55. The molecule has 3 aromatic rings. The van der Waals surface area contributed by atoms with Crippen LogP contribution in [-0.2, 0) is 16.1 Å². The number of hydrogen-bond acceptors (Lipinski definition) is 6. The van der Waals surface area contributed by atoms with E-state index < -0.39 is 17.6 Å². The highest BCUT2D eigenvalue weighted by Crippen LogP contribution is 2.20. The number of carbonyl (C=O) groups excluding carboxylic acids is 2. The summed E-state index contributed by atoms with van der Waals surface area (Å²) in [6.07, 6.45) is 0.543. The van der Waals surface area contributed by atoms with E-state index in [-0.39, 0.29) is 5.91 Å². The first-order chi connectivity index (χ1) is 14.3. The van der Waals surface area contributed by atoms with Gasteiger partial charge in [0.1, 0.15) is 6.33 Å². The molecule has 1 atom stereocenters. The predicted molar refractivity (Wildman–Crippen MR) is 111 cm³/mol. The van der Waals surface area contributed by atoms with Crippen molar-refractivity contribution in [3.63, 3.8) is 0 Å². The van der Waals surface area contributed by atoms with Crippen LogP contribution in [-0.4, -0.2) is 48.6 Å². The Kier molecular flexibility index (Phi) is 6.25. The molecule has 0 bridgehead atoms. The third-order valence-corrected chi connectivity index (χ3v) is 4.61. The molecule has 0 aliphatic heterocycles. The van der Waals surface area contributed by atoms with E-state index in [0.29, 0.717) is 17.8 Å². The normalized spacial score (nSPS) is 12.3. The fraction of sp³-hybridized carbons (Fsp3) is 0.318. The van der Waals surface area contributed by atoms with E-state index in [1.165, 1.54) is 11.0 Å². The van der Waals surface area contributed by atoms with Gasteiger partial charge in [-0.15, -0.1) is 5.10 Å². The lowest BCUT2D eigenvalue weighted by molar-refractivity contribution is -0.145. The van der Waals surface area contributed by atoms with Gasteiger partial charge in [-0.05, 0) is 68.0 Å². The number of tetrazole rings is 1. The largest absolute Gasteiger partial charge is 0.449 e. The quantitative estimate of drug-likeness (QED) is 0.584. The number of hydrogen-bond donors (Lipinski definition) is 0. The first-order valence-corrected chi connectivity index (χ1v) is 9.65. The molecule has 156 valence electrons. The van der Waals surface area contributed by atoms with Crippen LogP contribution in [0.5, 0.6) is 0 Å². The predicted octanol–water partition coefficient (Wildman–Crippen LogP) is 3.03. The summed E-state index contributed by atoms with van der Waals surface area (Å²) in [5, 5.41) is 11.0. The van der Waals surface area contributed by atoms with Crippen molar-refractivity contribution in [3.05, 3.63) is 72.1 Å². The molecule has 2 aromatic carbocycles. The van der Waals surface area contributed by atoms with Gasteiger partial charge >= 0.3 is 5.97 Å². The highest BCUT2D eigenvalue weighted by Gasteiger charge is 2.31. The average molecular weight is 407 g/mol. The SMILES string of the molecule is C[C@H](OC(=O)c1ccc(-n2cnnn2)cc1)C(=O)N(Cc1ccccc1)C(C)(C)C. The summed E-state index contributed by atoms with van der Waals surface area (Å²) >= 11 is 0. The Morgan fingerprint density at radius 2 is 1.73 bits per heavy atom. The molecule has 0 unspecified atom stereocenters. The van der Waals surface area contributed by atoms with Crippen LogP contribution < -0.4 is 0 Å². The smallest absolute Gasteiger partial charge is 0.338 e. The third-order valence-electron chi connectivity index (χ3n) is 4.61. The lowest BCUT2D eigenvalue weighted by Crippen LogP contribution is -2.49. The molecule has 0 aliphatic rings. The van der Waals surface area contributed by atoms with E-state index in [1.54, 1.807) is 36.1 Å². The number of carbonyl (C=O) groups is 2. The van der Waals surface area contributed by atoms with Crippen LogP contribution >= 0.6 is 0 Å². The minimum Gasteiger partial charge on any atom is -0.449 e. The molecule has 1 heterocycles. The molecular formula is C22H25N5O3. The monoisotopic (exact) mass is 407 g/mol. The van der Waals surface area contributed by atoms with Gasteiger partial charge in [0.05, 0.1) is 11.3 Å². The Morgan fingerprint density at radius 1 is 1.07 bits per heavy atom. The van der Waals surface area contributed by atoms with Crippen molar-refractivity contribution in [2.45, 2.75) is 45.9 Å². The maximum Gasteiger partial charge on any atom is 0.338 e. The van der Waals surface area contributed by atoms with Crippen molar-refractivity contribution in [3.8, 4) is 5.69 Å². The standard InChI is InChI=1S/C22H25N5O3/c1-16(20(28)26(22(2,3)4)14-17-8-6-5-7-9-17)30-21(29)18-10-12-19(13-11-18)27-15-23-24-25-27/h5-13,15-16H,14H2,1-4H3/t16-/m0/s1. The van der Waals surface area contributed by atoms with E-state index in [2.05, 4.69) is 15.5 Å². The molecular weight excluding hydrogens is 382 g/mol. The molecule has 0 saturated carbocycles. The lowest BCUT2D eigenvalue weighted by atomic mass is 10.0. The summed E-state index contributed by atoms with van der Waals surface area (Å²) < 4.78 is 6.94. The molecule has 0 spiro atoms. The fourth-order valence-corrected chi connectivity index (χ4v) is 2.94. The maximum atomic E-state index is 13.1. The summed E-state index contributed by atoms with van der Waals surface area (Å²) in [4.78, 5) is 27.4. The van der Waals surface area contributed by atoms with E-state index in [9.17, 15) is 9.59 Å². The van der Waals surface area contributed by atoms with Crippen molar-refractivity contribution in [2.24, 2.45) is 0 Å². The van der Waals surface area contributed by atoms with Crippen LogP contribution in [0.3, 0.4) is 0 Å². The number of benzene rings is 2. The van der Waals surface area contributed by atoms with Gasteiger partial charge in [-0.1, -0.05) is 30.3 Å². The second-order valence-corrected chi connectivity index (χ2v) is 7.93. The zero-order valence-corrected chi connectivity index (χ0v) is 17.5. The highest BCUT2D eigenvalue weighted by atomic mass is 16.5. The molecule has 3 rings (SSSR count). The van der Waals surface area contributed by atoms with Crippen molar-refractivity contribution in [1.29, 1.82) is 0 Å². The number of rotatable bonds is 6. The fourth-order valence-electron chi connectivity index (χ4n) is 2.94. The van der Waals surface area contributed by atoms with Gasteiger partial charge in [0, 0.05) is 12.1 Å². The van der Waals surface area contributed by atoms with E-state index >= 15 is 0 Å². The Morgan fingerprint density at radius 3 is 2.30 bits per heavy atom. The highest BCUT2D eigenvalue weighted by molar-refractivity contribution is 5.92. The van der Waals surface area contributed by atoms with Crippen molar-refractivity contribution in [2.75, 3.05) is 0 Å². The van der Waals surface area contributed by atoms with Crippen molar-refractivity contribution < 1.29 is 14.3 Å². The molecule has 0 fully saturated rings. The second kappa shape index (κ2) is 8.86. The number of nitrogens with zero attached hydrogens (tertiary/aromatic N) is 5. The summed E-state index contributed by atoms with van der Waals surface area (Å²) in [6, 6.07) is 16.4. The minimum absolute atomic E-state index is 0.245. The molecule has 0 saturated heterocycles. The van der Waals surface area contributed by atoms with Gasteiger partial charge in [0.2, 0.25) is 0 Å². The zero-order valence-electron chi connectivity index (χ0n) is 17.5. The second-order valence-electron chi connectivity index (χ2n) is 7.93. The number of ether oxygens (including phenoxy) is 1. The van der Waals surface area contributed by atoms with Gasteiger partial charge < -0.3 is 9.64 Å². The van der Waals surface area contributed by atoms with Crippen LogP contribution in [0.15, 0.2) is 60.9 Å². The summed E-state index contributed by atoms with van der Waals surface area (Å²) in [6.45, 7) is 7.91. The minimum atomic E-state index is -0.917. The number of aromatic nitrogens is 4. The summed E-state index contributed by atoms with van der Waals surface area (Å²) in [5.74, 6) is -0.808. The maximum absolute atomic E-state index is 13.1. The molecule has 1 amide bonds. The van der Waals surface area contributed by atoms with Crippen LogP contribution in [0.4, 0.5) is 0 Å². The van der Waals surface area contributed by atoms with Crippen molar-refractivity contribution >= 4 is 11.9 Å². The van der Waals surface area contributed by atoms with Gasteiger partial charge in [-0.2, -0.15) is 0 Å². The first-order valence-electron chi connectivity index (χ1n) is 9.65. The van der Waals surface area contributed by atoms with E-state index in [1.807, 2.05) is 51.1 Å². The van der Waals surface area contributed by atoms with Crippen LogP contribution in [0, 0.1) is 0 Å². The van der Waals surface area contributed by atoms with Crippen molar-refractivity contribution in [1.82, 2.24) is 25.1 Å². The molecule has 30 heavy (non-hydrogen) atoms. The first kappa shape index (κ1) is 21.2. The number of esters is 1. The van der Waals surface area contributed by atoms with E-state index in [0.717, 1.165) is 5.56 Å². The average Bonchev–Trinajstić information content (AvgIpc) is 3.26. The van der Waals surface area contributed by atoms with Crippen LogP contribution in [0.25, 0.3) is 5.69 Å². The van der Waals surface area contributed by atoms with Gasteiger partial charge in [-0.3, -0.25) is 4.79 Å².